The first-order valence-electron chi connectivity index (χ1n) is 13.1. The highest BCUT2D eigenvalue weighted by atomic mass is 19.1. The number of benzene rings is 1. The second-order valence-corrected chi connectivity index (χ2v) is 9.73. The molecule has 12 heteroatoms. The maximum Gasteiger partial charge on any atom is 0.227 e. The summed E-state index contributed by atoms with van der Waals surface area (Å²) in [6, 6.07) is 8.05. The Kier molecular flexibility index (Phi) is 8.77. The van der Waals surface area contributed by atoms with Crippen LogP contribution in [0.3, 0.4) is 0 Å². The van der Waals surface area contributed by atoms with Gasteiger partial charge in [0.15, 0.2) is 6.29 Å². The molecule has 2 aliphatic heterocycles. The van der Waals surface area contributed by atoms with E-state index in [2.05, 4.69) is 32.1 Å². The zero-order chi connectivity index (χ0) is 27.2. The number of carbonyl (C=O) groups excluding carboxylic acids is 1. The number of anilines is 1. The molecule has 1 amide bonds. The highest BCUT2D eigenvalue weighted by Gasteiger charge is 2.29. The summed E-state index contributed by atoms with van der Waals surface area (Å²) in [6.45, 7) is 4.98. The maximum atomic E-state index is 13.7. The monoisotopic (exact) mass is 539 g/mol. The Morgan fingerprint density at radius 3 is 2.59 bits per heavy atom. The largest absolute Gasteiger partial charge is 0.383 e. The van der Waals surface area contributed by atoms with Gasteiger partial charge in [-0.15, -0.1) is 0 Å². The third kappa shape index (κ3) is 6.77. The molecule has 0 unspecified atom stereocenters. The number of nitrogens with zero attached hydrogens (tertiary/aromatic N) is 5. The molecule has 39 heavy (non-hydrogen) atoms. The van der Waals surface area contributed by atoms with Gasteiger partial charge in [0, 0.05) is 51.6 Å². The number of hydrogen-bond acceptors (Lipinski definition) is 9. The number of aromatic amines is 1. The van der Waals surface area contributed by atoms with E-state index in [1.807, 2.05) is 6.07 Å². The third-order valence-electron chi connectivity index (χ3n) is 6.86. The van der Waals surface area contributed by atoms with Crippen LogP contribution >= 0.6 is 0 Å². The Bertz CT molecular complexity index is 1240. The van der Waals surface area contributed by atoms with Gasteiger partial charge in [-0.05, 0) is 37.4 Å². The average molecular weight is 540 g/mol. The molecule has 208 valence electrons. The predicted octanol–water partition coefficient (Wildman–Crippen LogP) is 1.72. The summed E-state index contributed by atoms with van der Waals surface area (Å²) in [4.78, 5) is 34.3. The van der Waals surface area contributed by atoms with Crippen LogP contribution in [0.4, 0.5) is 10.3 Å². The third-order valence-corrected chi connectivity index (χ3v) is 6.86. The molecule has 5 rings (SSSR count). The van der Waals surface area contributed by atoms with E-state index in [-0.39, 0.29) is 30.9 Å². The van der Waals surface area contributed by atoms with Crippen molar-refractivity contribution in [1.82, 2.24) is 30.2 Å². The Morgan fingerprint density at radius 2 is 1.87 bits per heavy atom. The number of aromatic nitrogens is 4. The first-order chi connectivity index (χ1) is 19.0. The van der Waals surface area contributed by atoms with Crippen LogP contribution in [-0.4, -0.2) is 104 Å². The summed E-state index contributed by atoms with van der Waals surface area (Å²) >= 11 is 0. The van der Waals surface area contributed by atoms with Gasteiger partial charge in [0.2, 0.25) is 11.9 Å². The van der Waals surface area contributed by atoms with Gasteiger partial charge >= 0.3 is 0 Å². The molecule has 0 aliphatic carbocycles. The summed E-state index contributed by atoms with van der Waals surface area (Å²) in [5, 5.41) is 2.81. The summed E-state index contributed by atoms with van der Waals surface area (Å²) in [5.41, 5.74) is 2.81. The molecule has 0 saturated carbocycles. The smallest absolute Gasteiger partial charge is 0.227 e. The molecule has 3 aromatic rings. The van der Waals surface area contributed by atoms with Crippen LogP contribution in [0.2, 0.25) is 0 Å². The van der Waals surface area contributed by atoms with Crippen molar-refractivity contribution in [3.05, 3.63) is 48.2 Å². The van der Waals surface area contributed by atoms with Crippen molar-refractivity contribution in [2.45, 2.75) is 12.7 Å². The van der Waals surface area contributed by atoms with Crippen LogP contribution in [-0.2, 0) is 25.4 Å². The van der Waals surface area contributed by atoms with Gasteiger partial charge in [-0.2, -0.15) is 0 Å². The van der Waals surface area contributed by atoms with E-state index in [0.717, 1.165) is 31.7 Å². The molecule has 2 aliphatic rings. The van der Waals surface area contributed by atoms with Crippen LogP contribution in [0.5, 0.6) is 0 Å². The first-order valence-corrected chi connectivity index (χ1v) is 13.1. The summed E-state index contributed by atoms with van der Waals surface area (Å²) < 4.78 is 30.3. The summed E-state index contributed by atoms with van der Waals surface area (Å²) in [5.74, 6) is 0.478. The molecule has 4 heterocycles. The van der Waals surface area contributed by atoms with E-state index in [9.17, 15) is 9.18 Å². The molecule has 0 bridgehead atoms. The van der Waals surface area contributed by atoms with Crippen LogP contribution in [0.25, 0.3) is 22.6 Å². The van der Waals surface area contributed by atoms with Crippen molar-refractivity contribution in [1.29, 1.82) is 0 Å². The second kappa shape index (κ2) is 12.6. The number of imidazole rings is 1. The van der Waals surface area contributed by atoms with Gasteiger partial charge in [-0.3, -0.25) is 4.79 Å². The molecular weight excluding hydrogens is 505 g/mol. The number of rotatable bonds is 9. The molecule has 2 saturated heterocycles. The van der Waals surface area contributed by atoms with Gasteiger partial charge in [-0.25, -0.2) is 19.3 Å². The number of likely N-dealkylation sites (N-methyl/N-ethyl adjacent to an activating group) is 1. The number of H-pyrrole nitrogens is 1. The first kappa shape index (κ1) is 27.1. The quantitative estimate of drug-likeness (QED) is 0.392. The van der Waals surface area contributed by atoms with E-state index in [4.69, 9.17) is 24.2 Å². The van der Waals surface area contributed by atoms with Crippen molar-refractivity contribution in [2.24, 2.45) is 5.92 Å². The van der Waals surface area contributed by atoms with Crippen LogP contribution in [0.1, 0.15) is 5.82 Å². The van der Waals surface area contributed by atoms with E-state index >= 15 is 0 Å². The second-order valence-electron chi connectivity index (χ2n) is 9.73. The number of carbonyl (C=O) groups is 1. The van der Waals surface area contributed by atoms with Gasteiger partial charge in [0.1, 0.15) is 11.6 Å². The molecule has 11 nitrogen and oxygen atoms in total. The lowest BCUT2D eigenvalue weighted by atomic mass is 10.1. The van der Waals surface area contributed by atoms with Crippen molar-refractivity contribution in [3.63, 3.8) is 0 Å². The lowest BCUT2D eigenvalue weighted by Gasteiger charge is -2.32. The minimum Gasteiger partial charge on any atom is -0.383 e. The van der Waals surface area contributed by atoms with E-state index in [0.29, 0.717) is 48.4 Å². The standard InChI is InChI=1S/C27H34FN7O4/c1-34-10-12-35(13-11-34)27-30-8-7-21(31-27)25-24(18-3-5-20(28)6-4-18)32-22(33-25)15-23-38-16-19(17-39-23)26(36)29-9-14-37-2/h3-8,19,23H,9-17H2,1-2H3,(H,29,36)(H,32,33). The number of halogens is 1. The fraction of sp³-hybridized carbons (Fsp3) is 0.481. The van der Waals surface area contributed by atoms with Gasteiger partial charge in [0.25, 0.3) is 0 Å². The highest BCUT2D eigenvalue weighted by molar-refractivity contribution is 5.79. The Hall–Kier alpha value is -3.45. The van der Waals surface area contributed by atoms with Crippen molar-refractivity contribution >= 4 is 11.9 Å². The molecule has 0 spiro atoms. The fourth-order valence-electron chi connectivity index (χ4n) is 4.56. The lowest BCUT2D eigenvalue weighted by Crippen LogP contribution is -2.45. The van der Waals surface area contributed by atoms with E-state index in [1.165, 1.54) is 12.1 Å². The van der Waals surface area contributed by atoms with Crippen LogP contribution in [0, 0.1) is 11.7 Å². The summed E-state index contributed by atoms with van der Waals surface area (Å²) in [7, 11) is 3.69. The van der Waals surface area contributed by atoms with E-state index < -0.39 is 6.29 Å². The summed E-state index contributed by atoms with van der Waals surface area (Å²) in [6.07, 6.45) is 1.54. The maximum absolute atomic E-state index is 13.7. The SMILES string of the molecule is COCCNC(=O)C1COC(Cc2nc(-c3ccc(F)cc3)c(-c3ccnc(N4CCN(C)CC4)n3)[nH]2)OC1. The minimum absolute atomic E-state index is 0.121. The Labute approximate surface area is 226 Å². The molecule has 2 N–H and O–H groups in total. The van der Waals surface area contributed by atoms with Crippen molar-refractivity contribution < 1.29 is 23.4 Å². The Balaban J connectivity index is 1.33. The normalized spacial score (nSPS) is 20.2. The van der Waals surface area contributed by atoms with Crippen molar-refractivity contribution in [3.8, 4) is 22.6 Å². The van der Waals surface area contributed by atoms with Crippen LogP contribution in [0.15, 0.2) is 36.5 Å². The molecule has 0 atom stereocenters. The van der Waals surface area contributed by atoms with Crippen LogP contribution < -0.4 is 10.2 Å². The number of ether oxygens (including phenoxy) is 3. The van der Waals surface area contributed by atoms with Gasteiger partial charge < -0.3 is 34.3 Å². The molecule has 1 aromatic carbocycles. The minimum atomic E-state index is -0.556. The Morgan fingerprint density at radius 1 is 1.13 bits per heavy atom. The number of nitrogens with one attached hydrogen (secondary N) is 2. The van der Waals surface area contributed by atoms with Gasteiger partial charge in [0.05, 0.1) is 49.2 Å². The number of hydrogen-bond donors (Lipinski definition) is 2. The van der Waals surface area contributed by atoms with Crippen molar-refractivity contribution in [2.75, 3.05) is 71.6 Å². The predicted molar refractivity (Wildman–Crippen MR) is 142 cm³/mol. The molecule has 0 radical (unpaired) electrons. The molecule has 2 aromatic heterocycles. The molecular formula is C27H34FN7O4. The number of amides is 1. The lowest BCUT2D eigenvalue weighted by molar-refractivity contribution is -0.200. The topological polar surface area (TPSA) is 118 Å². The number of methoxy groups -OCH3 is 1. The average Bonchev–Trinajstić information content (AvgIpc) is 3.38. The molecule has 2 fully saturated rings. The van der Waals surface area contributed by atoms with E-state index in [1.54, 1.807) is 25.4 Å². The highest BCUT2D eigenvalue weighted by Crippen LogP contribution is 2.31. The zero-order valence-electron chi connectivity index (χ0n) is 22.2. The fourth-order valence-corrected chi connectivity index (χ4v) is 4.56. The zero-order valence-corrected chi connectivity index (χ0v) is 22.2. The van der Waals surface area contributed by atoms with Gasteiger partial charge in [-0.1, -0.05) is 0 Å². The number of piperazine rings is 1.